The molecular formula is C17H25N3O3. The van der Waals surface area contributed by atoms with Crippen LogP contribution >= 0.6 is 0 Å². The second-order valence-corrected chi connectivity index (χ2v) is 5.61. The number of ether oxygens (including phenoxy) is 1. The first-order chi connectivity index (χ1) is 10.8. The summed E-state index contributed by atoms with van der Waals surface area (Å²) >= 11 is 0. The van der Waals surface area contributed by atoms with Crippen molar-refractivity contribution < 1.29 is 14.3 Å². The first-order valence-corrected chi connectivity index (χ1v) is 7.61. The highest BCUT2D eigenvalue weighted by Crippen LogP contribution is 2.21. The van der Waals surface area contributed by atoms with E-state index in [4.69, 9.17) is 16.2 Å². The van der Waals surface area contributed by atoms with Crippen LogP contribution < -0.4 is 16.2 Å². The van der Waals surface area contributed by atoms with Gasteiger partial charge in [0.1, 0.15) is 11.5 Å². The van der Waals surface area contributed by atoms with Gasteiger partial charge in [0.15, 0.2) is 0 Å². The van der Waals surface area contributed by atoms with Crippen LogP contribution in [-0.4, -0.2) is 31.2 Å². The van der Waals surface area contributed by atoms with Gasteiger partial charge in [0.25, 0.3) is 5.91 Å². The van der Waals surface area contributed by atoms with Crippen LogP contribution in [0.3, 0.4) is 0 Å². The van der Waals surface area contributed by atoms with Crippen LogP contribution in [-0.2, 0) is 11.2 Å². The zero-order valence-electron chi connectivity index (χ0n) is 14.0. The predicted molar refractivity (Wildman–Crippen MR) is 90.8 cm³/mol. The number of primary amides is 1. The maximum Gasteiger partial charge on any atom is 0.252 e. The molecule has 1 amide bonds. The molecule has 4 N–H and O–H groups in total. The smallest absolute Gasteiger partial charge is 0.252 e. The highest BCUT2D eigenvalue weighted by atomic mass is 16.5. The number of Topliss-reactive ketones (excluding diaryl/α,β-unsaturated/α-hetero) is 1. The number of hydrogen-bond acceptors (Lipinski definition) is 4. The normalized spacial score (nSPS) is 12.7. The highest BCUT2D eigenvalue weighted by Gasteiger charge is 2.15. The lowest BCUT2D eigenvalue weighted by Crippen LogP contribution is -2.16. The van der Waals surface area contributed by atoms with Crippen molar-refractivity contribution in [2.75, 3.05) is 13.7 Å². The van der Waals surface area contributed by atoms with E-state index in [1.165, 1.54) is 7.11 Å². The minimum Gasteiger partial charge on any atom is -0.496 e. The Bertz CT molecular complexity index is 593. The Labute approximate surface area is 136 Å². The zero-order chi connectivity index (χ0) is 17.4. The van der Waals surface area contributed by atoms with Crippen molar-refractivity contribution in [1.29, 1.82) is 0 Å². The van der Waals surface area contributed by atoms with Gasteiger partial charge in [0, 0.05) is 18.9 Å². The second kappa shape index (κ2) is 8.92. The number of amidine groups is 1. The third kappa shape index (κ3) is 6.10. The van der Waals surface area contributed by atoms with Crippen LogP contribution in [0.1, 0.15) is 42.6 Å². The molecule has 1 aromatic rings. The molecule has 0 aromatic heterocycles. The van der Waals surface area contributed by atoms with Gasteiger partial charge in [-0.15, -0.1) is 0 Å². The van der Waals surface area contributed by atoms with Crippen LogP contribution in [0.2, 0.25) is 0 Å². The molecule has 0 fully saturated rings. The van der Waals surface area contributed by atoms with Gasteiger partial charge in [-0.1, -0.05) is 13.0 Å². The number of carbonyl (C=O) groups is 2. The van der Waals surface area contributed by atoms with E-state index in [1.54, 1.807) is 25.1 Å². The molecule has 6 nitrogen and oxygen atoms in total. The predicted octanol–water partition coefficient (Wildman–Crippen LogP) is 1.70. The number of rotatable bonds is 9. The number of aliphatic imine (C=N–C) groups is 1. The zero-order valence-corrected chi connectivity index (χ0v) is 14.0. The number of hydrogen-bond donors (Lipinski definition) is 2. The summed E-state index contributed by atoms with van der Waals surface area (Å²) in [5, 5.41) is 0. The first-order valence-electron chi connectivity index (χ1n) is 7.61. The average molecular weight is 319 g/mol. The number of amides is 1. The summed E-state index contributed by atoms with van der Waals surface area (Å²) in [7, 11) is 1.47. The van der Waals surface area contributed by atoms with Crippen LogP contribution in [0, 0.1) is 5.92 Å². The molecule has 6 heteroatoms. The largest absolute Gasteiger partial charge is 0.496 e. The number of benzene rings is 1. The summed E-state index contributed by atoms with van der Waals surface area (Å²) < 4.78 is 5.09. The Morgan fingerprint density at radius 2 is 2.00 bits per heavy atom. The molecule has 0 aliphatic heterocycles. The van der Waals surface area contributed by atoms with E-state index in [-0.39, 0.29) is 18.1 Å². The van der Waals surface area contributed by atoms with Crippen LogP contribution in [0.5, 0.6) is 5.75 Å². The Kier molecular flexibility index (Phi) is 7.25. The number of nitrogens with two attached hydrogens (primary N) is 2. The molecule has 1 atom stereocenters. The lowest BCUT2D eigenvalue weighted by atomic mass is 9.94. The number of ketones is 1. The SMILES string of the molecule is COc1ccc(CC(=O)[C@H](C)CCCN=C(C)N)cc1C(N)=O. The number of nitrogens with zero attached hydrogens (tertiary/aromatic N) is 1. The van der Waals surface area contributed by atoms with Gasteiger partial charge < -0.3 is 16.2 Å². The maximum absolute atomic E-state index is 12.3. The Balaban J connectivity index is 2.64. The van der Waals surface area contributed by atoms with Gasteiger partial charge in [-0.3, -0.25) is 14.6 Å². The molecule has 1 rings (SSSR count). The van der Waals surface area contributed by atoms with Crippen molar-refractivity contribution in [2.24, 2.45) is 22.4 Å². The van der Waals surface area contributed by atoms with Gasteiger partial charge in [0.2, 0.25) is 0 Å². The van der Waals surface area contributed by atoms with E-state index >= 15 is 0 Å². The van der Waals surface area contributed by atoms with Crippen molar-refractivity contribution in [3.63, 3.8) is 0 Å². The van der Waals surface area contributed by atoms with E-state index in [2.05, 4.69) is 4.99 Å². The lowest BCUT2D eigenvalue weighted by Gasteiger charge is -2.11. The van der Waals surface area contributed by atoms with Gasteiger partial charge in [-0.25, -0.2) is 0 Å². The molecule has 0 heterocycles. The molecule has 0 aliphatic carbocycles. The van der Waals surface area contributed by atoms with E-state index in [0.29, 0.717) is 23.7 Å². The second-order valence-electron chi connectivity index (χ2n) is 5.61. The average Bonchev–Trinajstić information content (AvgIpc) is 2.50. The lowest BCUT2D eigenvalue weighted by molar-refractivity contribution is -0.121. The summed E-state index contributed by atoms with van der Waals surface area (Å²) in [6.45, 7) is 4.28. The maximum atomic E-state index is 12.3. The van der Waals surface area contributed by atoms with Crippen LogP contribution in [0.25, 0.3) is 0 Å². The summed E-state index contributed by atoms with van der Waals surface area (Å²) in [5.41, 5.74) is 11.8. The van der Waals surface area contributed by atoms with Crippen molar-refractivity contribution >= 4 is 17.5 Å². The molecule has 0 saturated carbocycles. The van der Waals surface area contributed by atoms with E-state index < -0.39 is 5.91 Å². The molecule has 126 valence electrons. The summed E-state index contributed by atoms with van der Waals surface area (Å²) in [4.78, 5) is 27.8. The molecule has 0 aliphatic rings. The molecule has 0 radical (unpaired) electrons. The summed E-state index contributed by atoms with van der Waals surface area (Å²) in [5.74, 6) is 0.457. The fourth-order valence-electron chi connectivity index (χ4n) is 2.25. The third-order valence-electron chi connectivity index (χ3n) is 3.61. The molecule has 23 heavy (non-hydrogen) atoms. The van der Waals surface area contributed by atoms with Crippen LogP contribution in [0.15, 0.2) is 23.2 Å². The van der Waals surface area contributed by atoms with Crippen LogP contribution in [0.4, 0.5) is 0 Å². The molecule has 0 saturated heterocycles. The molecule has 0 bridgehead atoms. The monoisotopic (exact) mass is 319 g/mol. The minimum absolute atomic E-state index is 0.0672. The van der Waals surface area contributed by atoms with Crippen molar-refractivity contribution in [3.8, 4) is 5.75 Å². The number of carbonyl (C=O) groups excluding carboxylic acids is 2. The Morgan fingerprint density at radius 1 is 1.30 bits per heavy atom. The van der Waals surface area contributed by atoms with Crippen molar-refractivity contribution in [1.82, 2.24) is 0 Å². The van der Waals surface area contributed by atoms with Gasteiger partial charge in [-0.2, -0.15) is 0 Å². The van der Waals surface area contributed by atoms with Gasteiger partial charge in [-0.05, 0) is 37.5 Å². The summed E-state index contributed by atoms with van der Waals surface area (Å²) in [6.07, 6.45) is 1.84. The first kappa shape index (κ1) is 18.7. The van der Waals surface area contributed by atoms with Gasteiger partial charge in [0.05, 0.1) is 18.5 Å². The molecule has 1 aromatic carbocycles. The van der Waals surface area contributed by atoms with E-state index in [9.17, 15) is 9.59 Å². The topological polar surface area (TPSA) is 108 Å². The Hall–Kier alpha value is -2.37. The van der Waals surface area contributed by atoms with E-state index in [0.717, 1.165) is 18.4 Å². The molecular weight excluding hydrogens is 294 g/mol. The highest BCUT2D eigenvalue weighted by molar-refractivity contribution is 5.96. The molecule has 0 spiro atoms. The summed E-state index contributed by atoms with van der Waals surface area (Å²) in [6, 6.07) is 5.05. The standard InChI is InChI=1S/C17H25N3O3/c1-11(5-4-8-20-12(2)18)15(21)10-13-6-7-16(23-3)14(9-13)17(19)22/h6-7,9,11H,4-5,8,10H2,1-3H3,(H2,18,20)(H2,19,22)/t11-/m1/s1. The van der Waals surface area contributed by atoms with Gasteiger partial charge >= 0.3 is 0 Å². The fourth-order valence-corrected chi connectivity index (χ4v) is 2.25. The third-order valence-corrected chi connectivity index (χ3v) is 3.61. The quantitative estimate of drug-likeness (QED) is 0.410. The minimum atomic E-state index is -0.570. The van der Waals surface area contributed by atoms with Crippen molar-refractivity contribution in [2.45, 2.75) is 33.1 Å². The Morgan fingerprint density at radius 3 is 2.57 bits per heavy atom. The van der Waals surface area contributed by atoms with E-state index in [1.807, 2.05) is 6.92 Å². The van der Waals surface area contributed by atoms with Crippen molar-refractivity contribution in [3.05, 3.63) is 29.3 Å². The molecule has 0 unspecified atom stereocenters. The fraction of sp³-hybridized carbons (Fsp3) is 0.471. The number of methoxy groups -OCH3 is 1.